The summed E-state index contributed by atoms with van der Waals surface area (Å²) in [5, 5.41) is 5.76. The lowest BCUT2D eigenvalue weighted by atomic mass is 10.1. The van der Waals surface area contributed by atoms with E-state index in [9.17, 15) is 9.59 Å². The Hall–Kier alpha value is -2.86. The summed E-state index contributed by atoms with van der Waals surface area (Å²) in [6.07, 6.45) is 3.01. The molecule has 3 amide bonds. The van der Waals surface area contributed by atoms with Crippen LogP contribution in [0.3, 0.4) is 0 Å². The quantitative estimate of drug-likeness (QED) is 0.819. The highest BCUT2D eigenvalue weighted by Crippen LogP contribution is 2.34. The zero-order valence-corrected chi connectivity index (χ0v) is 16.7. The molecular formula is C23H27N3O3. The van der Waals surface area contributed by atoms with Crippen LogP contribution in [0.15, 0.2) is 48.5 Å². The molecule has 2 aliphatic rings. The number of fused-ring (bicyclic) bond motifs is 1. The van der Waals surface area contributed by atoms with Crippen LogP contribution in [0.5, 0.6) is 0 Å². The molecule has 29 heavy (non-hydrogen) atoms. The Labute approximate surface area is 171 Å². The van der Waals surface area contributed by atoms with E-state index in [0.717, 1.165) is 42.7 Å². The molecule has 0 aromatic heterocycles. The first-order valence-corrected chi connectivity index (χ1v) is 10.3. The van der Waals surface area contributed by atoms with Crippen molar-refractivity contribution in [3.63, 3.8) is 0 Å². The number of benzene rings is 2. The average Bonchev–Trinajstić information content (AvgIpc) is 3.37. The Morgan fingerprint density at radius 3 is 2.72 bits per heavy atom. The Balaban J connectivity index is 1.40. The number of hydrogen-bond acceptors (Lipinski definition) is 3. The first-order chi connectivity index (χ1) is 14.1. The van der Waals surface area contributed by atoms with Crippen LogP contribution >= 0.6 is 0 Å². The maximum Gasteiger partial charge on any atom is 0.315 e. The summed E-state index contributed by atoms with van der Waals surface area (Å²) in [6, 6.07) is 15.4. The Morgan fingerprint density at radius 2 is 1.97 bits per heavy atom. The van der Waals surface area contributed by atoms with Gasteiger partial charge in [-0.1, -0.05) is 30.3 Å². The SMILES string of the molecule is C[C@H]1Cc2ccc(CNC(=O)NC[C@H]3CCCO3)cc2N1C(=O)c1ccccc1. The van der Waals surface area contributed by atoms with Crippen LogP contribution < -0.4 is 15.5 Å². The smallest absolute Gasteiger partial charge is 0.315 e. The van der Waals surface area contributed by atoms with E-state index in [2.05, 4.69) is 23.6 Å². The van der Waals surface area contributed by atoms with Crippen LogP contribution in [0.25, 0.3) is 0 Å². The highest BCUT2D eigenvalue weighted by Gasteiger charge is 2.31. The zero-order valence-electron chi connectivity index (χ0n) is 16.7. The van der Waals surface area contributed by atoms with Gasteiger partial charge in [-0.15, -0.1) is 0 Å². The number of anilines is 1. The van der Waals surface area contributed by atoms with E-state index in [4.69, 9.17) is 4.74 Å². The summed E-state index contributed by atoms with van der Waals surface area (Å²) in [5.41, 5.74) is 3.75. The molecule has 2 aromatic rings. The summed E-state index contributed by atoms with van der Waals surface area (Å²) < 4.78 is 5.52. The summed E-state index contributed by atoms with van der Waals surface area (Å²) in [6.45, 7) is 3.79. The number of hydrogen-bond donors (Lipinski definition) is 2. The highest BCUT2D eigenvalue weighted by molar-refractivity contribution is 6.07. The lowest BCUT2D eigenvalue weighted by Crippen LogP contribution is -2.39. The number of rotatable bonds is 5. The van der Waals surface area contributed by atoms with Gasteiger partial charge in [0, 0.05) is 37.0 Å². The predicted octanol–water partition coefficient (Wildman–Crippen LogP) is 3.26. The maximum absolute atomic E-state index is 13.0. The minimum atomic E-state index is -0.202. The Morgan fingerprint density at radius 1 is 1.14 bits per heavy atom. The van der Waals surface area contributed by atoms with Crippen LogP contribution in [0.1, 0.15) is 41.3 Å². The summed E-state index contributed by atoms with van der Waals surface area (Å²) in [7, 11) is 0. The lowest BCUT2D eigenvalue weighted by molar-refractivity contribution is 0.0981. The summed E-state index contributed by atoms with van der Waals surface area (Å²) in [4.78, 5) is 27.0. The number of nitrogens with one attached hydrogen (secondary N) is 2. The van der Waals surface area contributed by atoms with Gasteiger partial charge in [-0.2, -0.15) is 0 Å². The van der Waals surface area contributed by atoms with E-state index in [1.807, 2.05) is 47.4 Å². The fraction of sp³-hybridized carbons (Fsp3) is 0.391. The number of carbonyl (C=O) groups excluding carboxylic acids is 2. The van der Waals surface area contributed by atoms with Crippen molar-refractivity contribution in [3.05, 3.63) is 65.2 Å². The van der Waals surface area contributed by atoms with Gasteiger partial charge >= 0.3 is 6.03 Å². The molecule has 0 spiro atoms. The molecule has 2 aromatic carbocycles. The second-order valence-electron chi connectivity index (χ2n) is 7.76. The molecule has 1 saturated heterocycles. The average molecular weight is 393 g/mol. The van der Waals surface area contributed by atoms with Crippen molar-refractivity contribution in [3.8, 4) is 0 Å². The lowest BCUT2D eigenvalue weighted by Gasteiger charge is -2.23. The second kappa shape index (κ2) is 8.66. The third kappa shape index (κ3) is 4.43. The van der Waals surface area contributed by atoms with Crippen molar-refractivity contribution in [1.29, 1.82) is 0 Å². The van der Waals surface area contributed by atoms with E-state index in [1.165, 1.54) is 0 Å². The molecule has 2 aliphatic heterocycles. The van der Waals surface area contributed by atoms with Crippen molar-refractivity contribution in [2.75, 3.05) is 18.1 Å². The molecule has 2 N–H and O–H groups in total. The van der Waals surface area contributed by atoms with Gasteiger partial charge in [0.25, 0.3) is 5.91 Å². The molecule has 0 radical (unpaired) electrons. The standard InChI is InChI=1S/C23H27N3O3/c1-16-12-19-10-9-17(14-24-23(28)25-15-20-8-5-11-29-20)13-21(19)26(16)22(27)18-6-3-2-4-7-18/h2-4,6-7,9-10,13,16,20H,5,8,11-12,14-15H2,1H3,(H2,24,25,28)/t16-,20+/m0/s1. The molecule has 0 unspecified atom stereocenters. The minimum Gasteiger partial charge on any atom is -0.376 e. The summed E-state index contributed by atoms with van der Waals surface area (Å²) in [5.74, 6) is 0.0104. The van der Waals surface area contributed by atoms with E-state index in [0.29, 0.717) is 18.7 Å². The zero-order chi connectivity index (χ0) is 20.2. The van der Waals surface area contributed by atoms with E-state index >= 15 is 0 Å². The molecule has 0 aliphatic carbocycles. The third-order valence-electron chi connectivity index (χ3n) is 5.57. The van der Waals surface area contributed by atoms with Gasteiger partial charge < -0.3 is 20.3 Å². The van der Waals surface area contributed by atoms with Crippen LogP contribution in [-0.2, 0) is 17.7 Å². The number of nitrogens with zero attached hydrogens (tertiary/aromatic N) is 1. The van der Waals surface area contributed by atoms with Gasteiger partial charge in [0.15, 0.2) is 0 Å². The molecule has 0 saturated carbocycles. The predicted molar refractivity (Wildman–Crippen MR) is 112 cm³/mol. The van der Waals surface area contributed by atoms with Crippen molar-refractivity contribution >= 4 is 17.6 Å². The van der Waals surface area contributed by atoms with Gasteiger partial charge in [0.1, 0.15) is 0 Å². The van der Waals surface area contributed by atoms with Crippen LogP contribution in [0, 0.1) is 0 Å². The van der Waals surface area contributed by atoms with E-state index in [-0.39, 0.29) is 24.1 Å². The van der Waals surface area contributed by atoms with Crippen molar-refractivity contribution in [1.82, 2.24) is 10.6 Å². The maximum atomic E-state index is 13.0. The molecule has 6 nitrogen and oxygen atoms in total. The molecule has 4 rings (SSSR count). The normalized spacial score (nSPS) is 20.4. The number of carbonyl (C=O) groups is 2. The molecule has 152 valence electrons. The molecule has 2 heterocycles. The number of amides is 3. The van der Waals surface area contributed by atoms with Crippen molar-refractivity contribution < 1.29 is 14.3 Å². The minimum absolute atomic E-state index is 0.0104. The van der Waals surface area contributed by atoms with Crippen molar-refractivity contribution in [2.24, 2.45) is 0 Å². The molecular weight excluding hydrogens is 366 g/mol. The topological polar surface area (TPSA) is 70.7 Å². The first kappa shape index (κ1) is 19.5. The van der Waals surface area contributed by atoms with Gasteiger partial charge in [-0.3, -0.25) is 4.79 Å². The van der Waals surface area contributed by atoms with Crippen LogP contribution in [0.4, 0.5) is 10.5 Å². The fourth-order valence-corrected chi connectivity index (χ4v) is 4.05. The highest BCUT2D eigenvalue weighted by atomic mass is 16.5. The van der Waals surface area contributed by atoms with E-state index < -0.39 is 0 Å². The van der Waals surface area contributed by atoms with Crippen LogP contribution in [-0.4, -0.2) is 37.2 Å². The third-order valence-corrected chi connectivity index (χ3v) is 5.57. The molecule has 0 bridgehead atoms. The molecule has 1 fully saturated rings. The van der Waals surface area contributed by atoms with Gasteiger partial charge in [-0.05, 0) is 55.5 Å². The Kier molecular flexibility index (Phi) is 5.81. The second-order valence-corrected chi connectivity index (χ2v) is 7.76. The Bertz CT molecular complexity index is 878. The summed E-state index contributed by atoms with van der Waals surface area (Å²) >= 11 is 0. The molecule has 6 heteroatoms. The number of ether oxygens (including phenoxy) is 1. The van der Waals surface area contributed by atoms with Crippen LogP contribution in [0.2, 0.25) is 0 Å². The fourth-order valence-electron chi connectivity index (χ4n) is 4.05. The van der Waals surface area contributed by atoms with Crippen molar-refractivity contribution in [2.45, 2.75) is 44.9 Å². The van der Waals surface area contributed by atoms with Gasteiger partial charge in [0.2, 0.25) is 0 Å². The van der Waals surface area contributed by atoms with Gasteiger partial charge in [0.05, 0.1) is 6.10 Å². The monoisotopic (exact) mass is 393 g/mol. The largest absolute Gasteiger partial charge is 0.376 e. The number of urea groups is 1. The molecule has 2 atom stereocenters. The first-order valence-electron chi connectivity index (χ1n) is 10.3. The van der Waals surface area contributed by atoms with Gasteiger partial charge in [-0.25, -0.2) is 4.79 Å². The van der Waals surface area contributed by atoms with E-state index in [1.54, 1.807) is 0 Å².